The molecule has 2 atom stereocenters. The van der Waals surface area contributed by atoms with Gasteiger partial charge in [-0.15, -0.1) is 0 Å². The predicted octanol–water partition coefficient (Wildman–Crippen LogP) is 3.59. The molecule has 0 saturated carbocycles. The van der Waals surface area contributed by atoms with Gasteiger partial charge in [0.2, 0.25) is 5.91 Å². The Morgan fingerprint density at radius 3 is 2.55 bits per heavy atom. The Hall–Kier alpha value is -2.80. The number of carbonyl (C=O) groups excluding carboxylic acids is 2. The first-order valence-corrected chi connectivity index (χ1v) is 9.55. The fourth-order valence-corrected chi connectivity index (χ4v) is 3.60. The van der Waals surface area contributed by atoms with E-state index in [1.54, 1.807) is 24.3 Å². The first kappa shape index (κ1) is 20.9. The van der Waals surface area contributed by atoms with Crippen LogP contribution in [0.5, 0.6) is 0 Å². The minimum absolute atomic E-state index is 0.102. The van der Waals surface area contributed by atoms with Gasteiger partial charge in [-0.2, -0.15) is 0 Å². The lowest BCUT2D eigenvalue weighted by Crippen LogP contribution is -2.43. The zero-order chi connectivity index (χ0) is 21.0. The molecule has 154 valence electrons. The minimum Gasteiger partial charge on any atom is -0.465 e. The van der Waals surface area contributed by atoms with E-state index in [4.69, 9.17) is 0 Å². The van der Waals surface area contributed by atoms with Crippen molar-refractivity contribution in [1.29, 1.82) is 0 Å². The molecule has 2 aromatic rings. The summed E-state index contributed by atoms with van der Waals surface area (Å²) in [5.74, 6) is -2.27. The summed E-state index contributed by atoms with van der Waals surface area (Å²) in [6.45, 7) is 2.98. The number of hydrogen-bond acceptors (Lipinski definition) is 4. The van der Waals surface area contributed by atoms with Gasteiger partial charge >= 0.3 is 5.97 Å². The summed E-state index contributed by atoms with van der Waals surface area (Å²) in [5.41, 5.74) is 1.95. The summed E-state index contributed by atoms with van der Waals surface area (Å²) in [6.07, 6.45) is 1.58. The van der Waals surface area contributed by atoms with Gasteiger partial charge in [0.25, 0.3) is 0 Å². The lowest BCUT2D eigenvalue weighted by atomic mass is 10.1. The average Bonchev–Trinajstić information content (AvgIpc) is 3.18. The number of amides is 1. The zero-order valence-electron chi connectivity index (χ0n) is 16.5. The van der Waals surface area contributed by atoms with Gasteiger partial charge in [0.1, 0.15) is 0 Å². The third kappa shape index (κ3) is 4.98. The summed E-state index contributed by atoms with van der Waals surface area (Å²) in [7, 11) is 1.33. The fourth-order valence-electron chi connectivity index (χ4n) is 3.60. The lowest BCUT2D eigenvalue weighted by molar-refractivity contribution is -0.126. The highest BCUT2D eigenvalue weighted by molar-refractivity contribution is 5.89. The molecule has 5 nitrogen and oxygen atoms in total. The van der Waals surface area contributed by atoms with Gasteiger partial charge in [-0.05, 0) is 61.7 Å². The van der Waals surface area contributed by atoms with E-state index >= 15 is 0 Å². The second-order valence-electron chi connectivity index (χ2n) is 7.22. The van der Waals surface area contributed by atoms with E-state index in [1.165, 1.54) is 19.2 Å². The minimum atomic E-state index is -0.883. The molecule has 1 N–H and O–H groups in total. The summed E-state index contributed by atoms with van der Waals surface area (Å²) in [6, 6.07) is 10.2. The lowest BCUT2D eigenvalue weighted by Gasteiger charge is -2.25. The monoisotopic (exact) mass is 402 g/mol. The maximum atomic E-state index is 13.5. The Balaban J connectivity index is 1.62. The molecular weight excluding hydrogens is 378 g/mol. The van der Waals surface area contributed by atoms with E-state index in [0.717, 1.165) is 24.6 Å². The molecular formula is C22H24F2N2O3. The number of ether oxygens (including phenoxy) is 1. The van der Waals surface area contributed by atoms with Gasteiger partial charge in [-0.25, -0.2) is 13.6 Å². The fraction of sp³-hybridized carbons (Fsp3) is 0.364. The Morgan fingerprint density at radius 2 is 1.90 bits per heavy atom. The first-order valence-electron chi connectivity index (χ1n) is 9.55. The van der Waals surface area contributed by atoms with E-state index in [9.17, 15) is 18.4 Å². The molecule has 0 aromatic heterocycles. The zero-order valence-corrected chi connectivity index (χ0v) is 16.5. The molecule has 1 aliphatic heterocycles. The largest absolute Gasteiger partial charge is 0.465 e. The van der Waals surface area contributed by atoms with Crippen LogP contribution in [-0.4, -0.2) is 36.5 Å². The summed E-state index contributed by atoms with van der Waals surface area (Å²) in [5, 5.41) is 3.01. The molecule has 1 unspecified atom stereocenters. The van der Waals surface area contributed by atoms with E-state index < -0.39 is 17.6 Å². The number of benzene rings is 2. The van der Waals surface area contributed by atoms with Crippen molar-refractivity contribution < 1.29 is 23.1 Å². The van der Waals surface area contributed by atoms with Gasteiger partial charge in [0, 0.05) is 6.54 Å². The average molecular weight is 402 g/mol. The number of carbonyl (C=O) groups is 2. The molecule has 7 heteroatoms. The number of esters is 1. The summed E-state index contributed by atoms with van der Waals surface area (Å²) < 4.78 is 31.3. The Kier molecular flexibility index (Phi) is 6.59. The predicted molar refractivity (Wildman–Crippen MR) is 104 cm³/mol. The van der Waals surface area contributed by atoms with E-state index in [2.05, 4.69) is 10.1 Å². The SMILES string of the molecule is COC(=O)c1ccc([C@H](C)NC(=O)C2CCCN2Cc2ccc(F)c(F)c2)cc1. The summed E-state index contributed by atoms with van der Waals surface area (Å²) >= 11 is 0. The smallest absolute Gasteiger partial charge is 0.337 e. The molecule has 29 heavy (non-hydrogen) atoms. The molecule has 2 aromatic carbocycles. The quantitative estimate of drug-likeness (QED) is 0.751. The molecule has 0 radical (unpaired) electrons. The molecule has 1 heterocycles. The third-order valence-electron chi connectivity index (χ3n) is 5.23. The maximum Gasteiger partial charge on any atom is 0.337 e. The standard InChI is InChI=1S/C22H24F2N2O3/c1-14(16-6-8-17(9-7-16)22(28)29-2)25-21(27)20-4-3-11-26(20)13-15-5-10-18(23)19(24)12-15/h5-10,12,14,20H,3-4,11,13H2,1-2H3,(H,25,27)/t14-,20?/m0/s1. The van der Waals surface area contributed by atoms with Crippen LogP contribution in [0.2, 0.25) is 0 Å². The Labute approximate surface area is 168 Å². The van der Waals surface area contributed by atoms with Gasteiger partial charge in [0.15, 0.2) is 11.6 Å². The van der Waals surface area contributed by atoms with Crippen molar-refractivity contribution in [2.24, 2.45) is 0 Å². The van der Waals surface area contributed by atoms with Crippen LogP contribution in [-0.2, 0) is 16.1 Å². The Bertz CT molecular complexity index is 886. The highest BCUT2D eigenvalue weighted by Gasteiger charge is 2.31. The van der Waals surface area contributed by atoms with Gasteiger partial charge in [-0.3, -0.25) is 9.69 Å². The first-order chi connectivity index (χ1) is 13.9. The van der Waals surface area contributed by atoms with Crippen molar-refractivity contribution in [2.75, 3.05) is 13.7 Å². The second-order valence-corrected chi connectivity index (χ2v) is 7.22. The van der Waals surface area contributed by atoms with Crippen molar-refractivity contribution in [1.82, 2.24) is 10.2 Å². The van der Waals surface area contributed by atoms with Crippen molar-refractivity contribution in [3.05, 3.63) is 70.8 Å². The topological polar surface area (TPSA) is 58.6 Å². The summed E-state index contributed by atoms with van der Waals surface area (Å²) in [4.78, 5) is 26.3. The van der Waals surface area contributed by atoms with Crippen LogP contribution in [0.1, 0.15) is 47.3 Å². The van der Waals surface area contributed by atoms with Gasteiger partial charge in [-0.1, -0.05) is 18.2 Å². The van der Waals surface area contributed by atoms with Crippen molar-refractivity contribution in [2.45, 2.75) is 38.4 Å². The highest BCUT2D eigenvalue weighted by atomic mass is 19.2. The van der Waals surface area contributed by atoms with Crippen LogP contribution in [0.25, 0.3) is 0 Å². The molecule has 1 fully saturated rings. The molecule has 3 rings (SSSR count). The van der Waals surface area contributed by atoms with E-state index in [-0.39, 0.29) is 18.0 Å². The van der Waals surface area contributed by atoms with Crippen molar-refractivity contribution in [3.8, 4) is 0 Å². The van der Waals surface area contributed by atoms with Crippen LogP contribution in [0.15, 0.2) is 42.5 Å². The number of methoxy groups -OCH3 is 1. The molecule has 1 aliphatic rings. The van der Waals surface area contributed by atoms with E-state index in [0.29, 0.717) is 24.1 Å². The molecule has 0 bridgehead atoms. The van der Waals surface area contributed by atoms with Crippen LogP contribution in [0.3, 0.4) is 0 Å². The number of likely N-dealkylation sites (tertiary alicyclic amines) is 1. The third-order valence-corrected chi connectivity index (χ3v) is 5.23. The van der Waals surface area contributed by atoms with E-state index in [1.807, 2.05) is 11.8 Å². The van der Waals surface area contributed by atoms with Crippen LogP contribution >= 0.6 is 0 Å². The number of hydrogen-bond donors (Lipinski definition) is 1. The number of rotatable bonds is 6. The van der Waals surface area contributed by atoms with Crippen LogP contribution < -0.4 is 5.32 Å². The number of halogens is 2. The molecule has 0 aliphatic carbocycles. The molecule has 1 saturated heterocycles. The van der Waals surface area contributed by atoms with Gasteiger partial charge in [0.05, 0.1) is 24.8 Å². The Morgan fingerprint density at radius 1 is 1.17 bits per heavy atom. The number of nitrogens with zero attached hydrogens (tertiary/aromatic N) is 1. The normalized spacial score (nSPS) is 17.7. The van der Waals surface area contributed by atoms with Crippen molar-refractivity contribution in [3.63, 3.8) is 0 Å². The highest BCUT2D eigenvalue weighted by Crippen LogP contribution is 2.22. The molecule has 0 spiro atoms. The number of nitrogens with one attached hydrogen (secondary N) is 1. The van der Waals surface area contributed by atoms with Crippen LogP contribution in [0.4, 0.5) is 8.78 Å². The second kappa shape index (κ2) is 9.13. The maximum absolute atomic E-state index is 13.5. The van der Waals surface area contributed by atoms with Crippen LogP contribution in [0, 0.1) is 11.6 Å². The molecule has 1 amide bonds. The van der Waals surface area contributed by atoms with Gasteiger partial charge < -0.3 is 10.1 Å². The van der Waals surface area contributed by atoms with Crippen molar-refractivity contribution >= 4 is 11.9 Å².